The first kappa shape index (κ1) is 13.2. The lowest BCUT2D eigenvalue weighted by Gasteiger charge is -2.16. The minimum absolute atomic E-state index is 0.138. The second-order valence-corrected chi connectivity index (χ2v) is 5.13. The molecule has 94 valence electrons. The highest BCUT2D eigenvalue weighted by molar-refractivity contribution is 7.87. The lowest BCUT2D eigenvalue weighted by Crippen LogP contribution is -2.43. The van der Waals surface area contributed by atoms with Gasteiger partial charge in [-0.2, -0.15) is 12.7 Å². The minimum atomic E-state index is -3.76. The molecule has 1 fully saturated rings. The number of likely N-dealkylation sites (N-methyl/N-ethyl adjacent to an activating group) is 1. The van der Waals surface area contributed by atoms with Crippen LogP contribution in [0, 0.1) is 0 Å². The first-order chi connectivity index (χ1) is 7.49. The molecule has 0 radical (unpaired) electrons. The van der Waals surface area contributed by atoms with E-state index in [2.05, 4.69) is 10.1 Å². The second kappa shape index (κ2) is 5.46. The van der Waals surface area contributed by atoms with Crippen LogP contribution < -0.4 is 10.0 Å². The van der Waals surface area contributed by atoms with E-state index in [4.69, 9.17) is 0 Å². The Kier molecular flexibility index (Phi) is 4.51. The first-order valence-corrected chi connectivity index (χ1v) is 6.55. The van der Waals surface area contributed by atoms with Crippen molar-refractivity contribution >= 4 is 16.3 Å². The van der Waals surface area contributed by atoms with Crippen molar-refractivity contribution in [1.82, 2.24) is 14.3 Å². The summed E-state index contributed by atoms with van der Waals surface area (Å²) in [5.74, 6) is 0. The van der Waals surface area contributed by atoms with Crippen LogP contribution in [0.15, 0.2) is 0 Å². The van der Waals surface area contributed by atoms with Crippen LogP contribution in [0.5, 0.6) is 0 Å². The fraction of sp³-hybridized carbons (Fsp3) is 0.875. The number of nitrogens with zero attached hydrogens (tertiary/aromatic N) is 1. The van der Waals surface area contributed by atoms with Crippen molar-refractivity contribution in [1.29, 1.82) is 0 Å². The number of carbonyl (C=O) groups excluding carboxylic acids is 1. The number of amides is 1. The molecule has 1 unspecified atom stereocenters. The normalized spacial score (nSPS) is 22.0. The van der Waals surface area contributed by atoms with Crippen LogP contribution in [0.2, 0.25) is 0 Å². The topological polar surface area (TPSA) is 87.7 Å². The van der Waals surface area contributed by atoms with Gasteiger partial charge in [0.25, 0.3) is 0 Å². The molecule has 16 heavy (non-hydrogen) atoms. The maximum absolute atomic E-state index is 11.7. The number of hydrogen-bond acceptors (Lipinski definition) is 5. The number of nitrogens with one attached hydrogen (secondary N) is 2. The molecule has 2 N–H and O–H groups in total. The van der Waals surface area contributed by atoms with Crippen LogP contribution in [0.3, 0.4) is 0 Å². The van der Waals surface area contributed by atoms with E-state index in [1.807, 2.05) is 4.72 Å². The van der Waals surface area contributed by atoms with Gasteiger partial charge in [0.15, 0.2) is 0 Å². The van der Waals surface area contributed by atoms with Crippen LogP contribution in [0.4, 0.5) is 4.79 Å². The summed E-state index contributed by atoms with van der Waals surface area (Å²) in [5, 5.41) is 2.99. The molecule has 1 heterocycles. The second-order valence-electron chi connectivity index (χ2n) is 3.46. The summed E-state index contributed by atoms with van der Waals surface area (Å²) in [6, 6.07) is 0.138. The Morgan fingerprint density at radius 3 is 2.75 bits per heavy atom. The van der Waals surface area contributed by atoms with E-state index in [1.165, 1.54) is 4.31 Å². The van der Waals surface area contributed by atoms with E-state index in [-0.39, 0.29) is 12.6 Å². The minimum Gasteiger partial charge on any atom is -0.449 e. The largest absolute Gasteiger partial charge is 0.449 e. The molecule has 1 aliphatic rings. The van der Waals surface area contributed by atoms with Gasteiger partial charge in [-0.05, 0) is 20.4 Å². The van der Waals surface area contributed by atoms with Gasteiger partial charge in [-0.15, -0.1) is 0 Å². The van der Waals surface area contributed by atoms with Crippen molar-refractivity contribution in [2.24, 2.45) is 0 Å². The fourth-order valence-corrected chi connectivity index (χ4v) is 2.63. The molecule has 7 nitrogen and oxygen atoms in total. The van der Waals surface area contributed by atoms with E-state index in [9.17, 15) is 13.2 Å². The van der Waals surface area contributed by atoms with Crippen LogP contribution in [-0.4, -0.2) is 51.6 Å². The highest BCUT2D eigenvalue weighted by Gasteiger charge is 2.31. The quantitative estimate of drug-likeness (QED) is 0.688. The van der Waals surface area contributed by atoms with Crippen LogP contribution in [0.1, 0.15) is 13.3 Å². The predicted octanol–water partition coefficient (Wildman–Crippen LogP) is -0.729. The van der Waals surface area contributed by atoms with E-state index in [0.29, 0.717) is 13.1 Å². The molecular formula is C8H17N3O4S. The smallest absolute Gasteiger partial charge is 0.421 e. The molecule has 8 heteroatoms. The van der Waals surface area contributed by atoms with Gasteiger partial charge in [-0.3, -0.25) is 0 Å². The van der Waals surface area contributed by atoms with E-state index in [0.717, 1.165) is 6.42 Å². The summed E-state index contributed by atoms with van der Waals surface area (Å²) in [5.41, 5.74) is 0. The van der Waals surface area contributed by atoms with E-state index < -0.39 is 16.3 Å². The zero-order chi connectivity index (χ0) is 12.2. The lowest BCUT2D eigenvalue weighted by molar-refractivity contribution is 0.158. The number of hydrogen-bond donors (Lipinski definition) is 2. The third-order valence-electron chi connectivity index (χ3n) is 2.39. The summed E-state index contributed by atoms with van der Waals surface area (Å²) in [4.78, 5) is 11.0. The standard InChI is InChI=1S/C8H17N3O4S/c1-3-15-8(12)10-16(13,14)11-5-4-7(6-11)9-2/h7,9H,3-6H2,1-2H3,(H,10,12). The van der Waals surface area contributed by atoms with Gasteiger partial charge >= 0.3 is 16.3 Å². The lowest BCUT2D eigenvalue weighted by atomic mass is 10.3. The predicted molar refractivity (Wildman–Crippen MR) is 58.1 cm³/mol. The average Bonchev–Trinajstić information content (AvgIpc) is 2.65. The molecule has 0 aliphatic carbocycles. The molecule has 0 aromatic carbocycles. The Balaban J connectivity index is 2.55. The molecule has 0 saturated carbocycles. The van der Waals surface area contributed by atoms with Gasteiger partial charge in [0.05, 0.1) is 6.61 Å². The number of ether oxygens (including phenoxy) is 1. The number of carbonyl (C=O) groups is 1. The maximum atomic E-state index is 11.7. The zero-order valence-electron chi connectivity index (χ0n) is 9.39. The van der Waals surface area contributed by atoms with Crippen molar-refractivity contribution in [3.63, 3.8) is 0 Å². The molecule has 0 bridgehead atoms. The zero-order valence-corrected chi connectivity index (χ0v) is 10.2. The van der Waals surface area contributed by atoms with E-state index >= 15 is 0 Å². The fourth-order valence-electron chi connectivity index (χ4n) is 1.51. The SMILES string of the molecule is CCOC(=O)NS(=O)(=O)N1CCC(NC)C1. The van der Waals surface area contributed by atoms with Crippen molar-refractivity contribution < 1.29 is 17.9 Å². The average molecular weight is 251 g/mol. The molecule has 0 spiro atoms. The Bertz CT molecular complexity index is 343. The van der Waals surface area contributed by atoms with Crippen molar-refractivity contribution in [2.75, 3.05) is 26.7 Å². The van der Waals surface area contributed by atoms with Crippen molar-refractivity contribution in [3.8, 4) is 0 Å². The molecule has 1 saturated heterocycles. The molecule has 1 atom stereocenters. The summed E-state index contributed by atoms with van der Waals surface area (Å²) >= 11 is 0. The molecule has 1 rings (SSSR count). The van der Waals surface area contributed by atoms with Gasteiger partial charge in [-0.25, -0.2) is 9.52 Å². The highest BCUT2D eigenvalue weighted by Crippen LogP contribution is 2.12. The third-order valence-corrected chi connectivity index (χ3v) is 3.82. The van der Waals surface area contributed by atoms with Crippen molar-refractivity contribution in [2.45, 2.75) is 19.4 Å². The Hall–Kier alpha value is -0.860. The van der Waals surface area contributed by atoms with Gasteiger partial charge in [-0.1, -0.05) is 0 Å². The summed E-state index contributed by atoms with van der Waals surface area (Å²) in [6.45, 7) is 2.52. The molecule has 0 aromatic rings. The van der Waals surface area contributed by atoms with Gasteiger partial charge in [0.2, 0.25) is 0 Å². The Labute approximate surface area is 95.3 Å². The first-order valence-electron chi connectivity index (χ1n) is 5.11. The summed E-state index contributed by atoms with van der Waals surface area (Å²) in [7, 11) is -1.98. The maximum Gasteiger partial charge on any atom is 0.421 e. The van der Waals surface area contributed by atoms with Gasteiger partial charge < -0.3 is 10.1 Å². The van der Waals surface area contributed by atoms with Crippen LogP contribution in [-0.2, 0) is 14.9 Å². The van der Waals surface area contributed by atoms with Crippen LogP contribution in [0.25, 0.3) is 0 Å². The Morgan fingerprint density at radius 2 is 2.25 bits per heavy atom. The summed E-state index contributed by atoms with van der Waals surface area (Å²) < 4.78 is 30.9. The van der Waals surface area contributed by atoms with Crippen LogP contribution >= 0.6 is 0 Å². The van der Waals surface area contributed by atoms with E-state index in [1.54, 1.807) is 14.0 Å². The van der Waals surface area contributed by atoms with Gasteiger partial charge in [0, 0.05) is 19.1 Å². The molecule has 1 amide bonds. The summed E-state index contributed by atoms with van der Waals surface area (Å²) in [6.07, 6.45) is -0.198. The molecule has 0 aromatic heterocycles. The Morgan fingerprint density at radius 1 is 1.56 bits per heavy atom. The van der Waals surface area contributed by atoms with Crippen molar-refractivity contribution in [3.05, 3.63) is 0 Å². The molecule has 1 aliphatic heterocycles. The highest BCUT2D eigenvalue weighted by atomic mass is 32.2. The monoisotopic (exact) mass is 251 g/mol. The third kappa shape index (κ3) is 3.32. The van der Waals surface area contributed by atoms with Gasteiger partial charge in [0.1, 0.15) is 0 Å². The number of rotatable bonds is 4. The molecular weight excluding hydrogens is 234 g/mol.